The Labute approximate surface area is 173 Å². The van der Waals surface area contributed by atoms with Crippen molar-refractivity contribution in [1.29, 1.82) is 0 Å². The Hall–Kier alpha value is -2.37. The lowest BCUT2D eigenvalue weighted by molar-refractivity contribution is -0.134. The number of ether oxygens (including phenoxy) is 2. The average molecular weight is 395 g/mol. The summed E-state index contributed by atoms with van der Waals surface area (Å²) in [6.07, 6.45) is 1.30. The molecule has 0 aromatic heterocycles. The normalized spacial score (nSPS) is 19.9. The maximum Gasteiger partial charge on any atom is 0.223 e. The second kappa shape index (κ2) is 9.42. The molecule has 0 unspecified atom stereocenters. The zero-order valence-electron chi connectivity index (χ0n) is 17.2. The summed E-state index contributed by atoms with van der Waals surface area (Å²) in [5.41, 5.74) is 3.57. The van der Waals surface area contributed by atoms with Crippen LogP contribution in [0, 0.1) is 0 Å². The zero-order valence-corrected chi connectivity index (χ0v) is 17.2. The minimum absolute atomic E-state index is 0.0633. The van der Waals surface area contributed by atoms with Crippen molar-refractivity contribution < 1.29 is 14.3 Å². The van der Waals surface area contributed by atoms with Crippen molar-refractivity contribution in [2.75, 3.05) is 32.9 Å². The van der Waals surface area contributed by atoms with Crippen LogP contribution in [0.15, 0.2) is 48.5 Å². The minimum atomic E-state index is 0.0633. The van der Waals surface area contributed by atoms with Crippen molar-refractivity contribution in [3.8, 4) is 5.75 Å². The number of carbonyl (C=O) groups excluding carboxylic acids is 1. The van der Waals surface area contributed by atoms with Crippen LogP contribution >= 0.6 is 0 Å². The molecule has 154 valence electrons. The third kappa shape index (κ3) is 5.17. The summed E-state index contributed by atoms with van der Waals surface area (Å²) in [7, 11) is 0. The molecule has 29 heavy (non-hydrogen) atoms. The lowest BCUT2D eigenvalue weighted by atomic mass is 10.1. The van der Waals surface area contributed by atoms with Crippen molar-refractivity contribution in [1.82, 2.24) is 9.80 Å². The molecule has 2 heterocycles. The number of rotatable bonds is 5. The second-order valence-electron chi connectivity index (χ2n) is 8.00. The molecule has 0 saturated carbocycles. The predicted octanol–water partition coefficient (Wildman–Crippen LogP) is 3.26. The molecule has 1 saturated heterocycles. The van der Waals surface area contributed by atoms with Gasteiger partial charge in [-0.05, 0) is 36.6 Å². The number of fused-ring (bicyclic) bond motifs is 1. The van der Waals surface area contributed by atoms with Gasteiger partial charge in [0.05, 0.1) is 19.3 Å². The molecule has 1 amide bonds. The smallest absolute Gasteiger partial charge is 0.223 e. The van der Waals surface area contributed by atoms with Crippen molar-refractivity contribution >= 4 is 5.91 Å². The summed E-state index contributed by atoms with van der Waals surface area (Å²) in [6.45, 7) is 7.66. The van der Waals surface area contributed by atoms with Crippen LogP contribution in [0.25, 0.3) is 0 Å². The van der Waals surface area contributed by atoms with E-state index in [9.17, 15) is 4.79 Å². The molecule has 2 aromatic rings. The molecule has 0 bridgehead atoms. The summed E-state index contributed by atoms with van der Waals surface area (Å²) in [4.78, 5) is 17.4. The number of nitrogens with zero attached hydrogens (tertiary/aromatic N) is 2. The molecule has 1 fully saturated rings. The van der Waals surface area contributed by atoms with E-state index in [4.69, 9.17) is 9.47 Å². The van der Waals surface area contributed by atoms with E-state index in [1.165, 1.54) is 11.1 Å². The third-order valence-electron chi connectivity index (χ3n) is 5.78. The van der Waals surface area contributed by atoms with Crippen LogP contribution < -0.4 is 4.74 Å². The Morgan fingerprint density at radius 3 is 2.66 bits per heavy atom. The van der Waals surface area contributed by atoms with Gasteiger partial charge in [0.2, 0.25) is 5.91 Å². The first-order valence-electron chi connectivity index (χ1n) is 10.6. The number of carbonyl (C=O) groups is 1. The number of amides is 1. The molecular weight excluding hydrogens is 364 g/mol. The van der Waals surface area contributed by atoms with Gasteiger partial charge in [0.25, 0.3) is 0 Å². The highest BCUT2D eigenvalue weighted by molar-refractivity contribution is 5.77. The average Bonchev–Trinajstić information content (AvgIpc) is 2.92. The van der Waals surface area contributed by atoms with Crippen LogP contribution in [0.3, 0.4) is 0 Å². The minimum Gasteiger partial charge on any atom is -0.491 e. The van der Waals surface area contributed by atoms with Gasteiger partial charge in [-0.3, -0.25) is 9.69 Å². The maximum absolute atomic E-state index is 13.0. The standard InChI is InChI=1S/C24H30N2O3/c1-19-18-29-23-9-7-21(16-25-11-13-28-14-12-25)15-22(23)17-26(19)24(27)10-8-20-5-3-2-4-6-20/h2-7,9,15,19H,8,10-14,16-18H2,1H3/t19-/m0/s1. The summed E-state index contributed by atoms with van der Waals surface area (Å²) in [5, 5.41) is 0. The SMILES string of the molecule is C[C@H]1COc2ccc(CN3CCOCC3)cc2CN1C(=O)CCc1ccccc1. The van der Waals surface area contributed by atoms with Crippen molar-refractivity contribution in [2.24, 2.45) is 0 Å². The highest BCUT2D eigenvalue weighted by atomic mass is 16.5. The maximum atomic E-state index is 13.0. The Balaban J connectivity index is 1.43. The van der Waals surface area contributed by atoms with Crippen LogP contribution in [0.2, 0.25) is 0 Å². The van der Waals surface area contributed by atoms with Crippen molar-refractivity contribution in [3.05, 3.63) is 65.2 Å². The van der Waals surface area contributed by atoms with Gasteiger partial charge < -0.3 is 14.4 Å². The third-order valence-corrected chi connectivity index (χ3v) is 5.78. The Kier molecular flexibility index (Phi) is 6.47. The van der Waals surface area contributed by atoms with E-state index in [0.717, 1.165) is 50.6 Å². The molecule has 2 aliphatic heterocycles. The number of hydrogen-bond acceptors (Lipinski definition) is 4. The van der Waals surface area contributed by atoms with Crippen LogP contribution in [-0.2, 0) is 29.0 Å². The van der Waals surface area contributed by atoms with Gasteiger partial charge >= 0.3 is 0 Å². The molecule has 1 atom stereocenters. The fourth-order valence-electron chi connectivity index (χ4n) is 4.03. The molecule has 2 aliphatic rings. The number of benzene rings is 2. The molecule has 4 rings (SSSR count). The van der Waals surface area contributed by atoms with E-state index in [1.807, 2.05) is 23.1 Å². The number of hydrogen-bond donors (Lipinski definition) is 0. The fraction of sp³-hybridized carbons (Fsp3) is 0.458. The first kappa shape index (κ1) is 19.9. The Morgan fingerprint density at radius 2 is 1.86 bits per heavy atom. The largest absolute Gasteiger partial charge is 0.491 e. The molecule has 0 radical (unpaired) electrons. The molecule has 0 spiro atoms. The van der Waals surface area contributed by atoms with Crippen LogP contribution in [0.4, 0.5) is 0 Å². The van der Waals surface area contributed by atoms with Gasteiger partial charge in [-0.15, -0.1) is 0 Å². The van der Waals surface area contributed by atoms with Crippen LogP contribution in [0.5, 0.6) is 5.75 Å². The van der Waals surface area contributed by atoms with Gasteiger partial charge in [-0.2, -0.15) is 0 Å². The summed E-state index contributed by atoms with van der Waals surface area (Å²) in [6, 6.07) is 16.7. The van der Waals surface area contributed by atoms with Gasteiger partial charge in [-0.25, -0.2) is 0 Å². The molecular formula is C24H30N2O3. The molecule has 0 aliphatic carbocycles. The van der Waals surface area contributed by atoms with E-state index in [0.29, 0.717) is 19.6 Å². The van der Waals surface area contributed by atoms with Crippen LogP contribution in [0.1, 0.15) is 30.0 Å². The predicted molar refractivity (Wildman–Crippen MR) is 113 cm³/mol. The van der Waals surface area contributed by atoms with E-state index in [2.05, 4.69) is 42.2 Å². The zero-order chi connectivity index (χ0) is 20.1. The highest BCUT2D eigenvalue weighted by Gasteiger charge is 2.26. The first-order chi connectivity index (χ1) is 14.2. The van der Waals surface area contributed by atoms with Gasteiger partial charge in [-0.1, -0.05) is 36.4 Å². The molecule has 2 aromatic carbocycles. The fourth-order valence-corrected chi connectivity index (χ4v) is 4.03. The Morgan fingerprint density at radius 1 is 1.07 bits per heavy atom. The lowest BCUT2D eigenvalue weighted by Gasteiger charge is -2.27. The molecule has 0 N–H and O–H groups in total. The van der Waals surface area contributed by atoms with E-state index >= 15 is 0 Å². The van der Waals surface area contributed by atoms with Gasteiger partial charge in [0.15, 0.2) is 0 Å². The van der Waals surface area contributed by atoms with E-state index < -0.39 is 0 Å². The van der Waals surface area contributed by atoms with Crippen LogP contribution in [-0.4, -0.2) is 54.7 Å². The summed E-state index contributed by atoms with van der Waals surface area (Å²) >= 11 is 0. The number of aryl methyl sites for hydroxylation is 1. The Bertz CT molecular complexity index is 818. The second-order valence-corrected chi connectivity index (χ2v) is 8.00. The summed E-state index contributed by atoms with van der Waals surface area (Å²) in [5.74, 6) is 1.09. The van der Waals surface area contributed by atoms with Crippen molar-refractivity contribution in [3.63, 3.8) is 0 Å². The van der Waals surface area contributed by atoms with Gasteiger partial charge in [0, 0.05) is 38.2 Å². The monoisotopic (exact) mass is 394 g/mol. The lowest BCUT2D eigenvalue weighted by Crippen LogP contribution is -2.40. The highest BCUT2D eigenvalue weighted by Crippen LogP contribution is 2.27. The first-order valence-corrected chi connectivity index (χ1v) is 10.6. The number of morpholine rings is 1. The van der Waals surface area contributed by atoms with E-state index in [1.54, 1.807) is 0 Å². The topological polar surface area (TPSA) is 42.0 Å². The van der Waals surface area contributed by atoms with E-state index in [-0.39, 0.29) is 11.9 Å². The molecule has 5 heteroatoms. The van der Waals surface area contributed by atoms with Crippen molar-refractivity contribution in [2.45, 2.75) is 38.9 Å². The molecule has 5 nitrogen and oxygen atoms in total. The van der Waals surface area contributed by atoms with Gasteiger partial charge in [0.1, 0.15) is 12.4 Å². The quantitative estimate of drug-likeness (QED) is 0.781. The summed E-state index contributed by atoms with van der Waals surface area (Å²) < 4.78 is 11.5.